The van der Waals surface area contributed by atoms with E-state index in [1.165, 1.54) is 6.34 Å². The smallest absolute Gasteiger partial charge is 0.263 e. The summed E-state index contributed by atoms with van der Waals surface area (Å²) in [6.45, 7) is 2.22. The zero-order valence-corrected chi connectivity index (χ0v) is 18.8. The van der Waals surface area contributed by atoms with Gasteiger partial charge in [0.15, 0.2) is 6.17 Å². The number of hydrogen-bond donors (Lipinski definition) is 2. The molecule has 8 nitrogen and oxygen atoms in total. The fraction of sp³-hybridized carbons (Fsp3) is 0.182. The quantitative estimate of drug-likeness (QED) is 0.512. The number of pyridine rings is 1. The van der Waals surface area contributed by atoms with Crippen LogP contribution >= 0.6 is 22.6 Å². The fourth-order valence-electron chi connectivity index (χ4n) is 4.14. The van der Waals surface area contributed by atoms with Crippen molar-refractivity contribution in [2.45, 2.75) is 19.6 Å². The van der Waals surface area contributed by atoms with Gasteiger partial charge in [-0.25, -0.2) is 9.98 Å². The predicted molar refractivity (Wildman–Crippen MR) is 130 cm³/mol. The summed E-state index contributed by atoms with van der Waals surface area (Å²) in [5, 5.41) is 18.5. The molecule has 0 saturated heterocycles. The van der Waals surface area contributed by atoms with Crippen LogP contribution in [0.5, 0.6) is 5.75 Å². The highest BCUT2D eigenvalue weighted by Gasteiger charge is 2.40. The number of hydrogen-bond acceptors (Lipinski definition) is 7. The highest BCUT2D eigenvalue weighted by Crippen LogP contribution is 2.31. The van der Waals surface area contributed by atoms with Crippen LogP contribution in [0.3, 0.4) is 0 Å². The number of amidine groups is 1. The molecule has 5 rings (SSSR count). The number of aromatic hydroxyl groups is 1. The highest BCUT2D eigenvalue weighted by atomic mass is 127. The molecule has 0 fully saturated rings. The minimum absolute atomic E-state index is 0.0308. The molecule has 156 valence electrons. The number of phenolic OH excluding ortho intramolecular Hbond substituents is 1. The van der Waals surface area contributed by atoms with Gasteiger partial charge in [-0.15, -0.1) is 0 Å². The second kappa shape index (κ2) is 7.49. The van der Waals surface area contributed by atoms with E-state index in [9.17, 15) is 9.90 Å². The van der Waals surface area contributed by atoms with Gasteiger partial charge in [0.1, 0.15) is 27.6 Å². The molecule has 0 amide bonds. The van der Waals surface area contributed by atoms with Gasteiger partial charge in [0.2, 0.25) is 0 Å². The van der Waals surface area contributed by atoms with E-state index >= 15 is 0 Å². The van der Waals surface area contributed by atoms with E-state index in [1.54, 1.807) is 28.8 Å². The van der Waals surface area contributed by atoms with Gasteiger partial charge >= 0.3 is 0 Å². The first kappa shape index (κ1) is 19.7. The van der Waals surface area contributed by atoms with E-state index < -0.39 is 0 Å². The number of para-hydroxylation sites is 2. The van der Waals surface area contributed by atoms with Crippen molar-refractivity contribution in [1.82, 2.24) is 9.58 Å². The molecule has 31 heavy (non-hydrogen) atoms. The summed E-state index contributed by atoms with van der Waals surface area (Å²) in [5.41, 5.74) is 7.89. The lowest BCUT2D eigenvalue weighted by Gasteiger charge is -2.27. The number of nitrogens with two attached hydrogens (primary N) is 1. The maximum atomic E-state index is 13.6. The van der Waals surface area contributed by atoms with E-state index in [-0.39, 0.29) is 23.4 Å². The van der Waals surface area contributed by atoms with Crippen LogP contribution in [0.4, 0.5) is 0 Å². The minimum atomic E-state index is -0.314. The Morgan fingerprint density at radius 3 is 2.81 bits per heavy atom. The third-order valence-corrected chi connectivity index (χ3v) is 6.49. The summed E-state index contributed by atoms with van der Waals surface area (Å²) in [6, 6.07) is 14.6. The zero-order chi connectivity index (χ0) is 21.7. The zero-order valence-electron chi connectivity index (χ0n) is 16.6. The molecular weight excluding hydrogens is 507 g/mol. The fourth-order valence-corrected chi connectivity index (χ4v) is 5.06. The average molecular weight is 526 g/mol. The molecule has 9 heteroatoms. The Bertz CT molecular complexity index is 1360. The van der Waals surface area contributed by atoms with Gasteiger partial charge in [-0.05, 0) is 58.7 Å². The standard InChI is InChI=1S/C22H19IN6O2/c1-12-5-4-6-13-9-14(10-28-21-18(19(23)27-28)20(24)25-11-26-21)29(22(31)17(12)13)15-7-2-3-8-16(15)30/h2-9,11,18,21,30H,10H2,1H3,(H2,24,25,26). The molecule has 0 spiro atoms. The molecular formula is C22H19IN6O2. The van der Waals surface area contributed by atoms with Gasteiger partial charge in [-0.1, -0.05) is 30.3 Å². The van der Waals surface area contributed by atoms with Crippen molar-refractivity contribution in [1.29, 1.82) is 0 Å². The summed E-state index contributed by atoms with van der Waals surface area (Å²) in [7, 11) is 0. The molecule has 2 unspecified atom stereocenters. The highest BCUT2D eigenvalue weighted by molar-refractivity contribution is 14.1. The first-order valence-electron chi connectivity index (χ1n) is 9.74. The number of aliphatic imine (C=N–C) groups is 2. The van der Waals surface area contributed by atoms with E-state index in [0.29, 0.717) is 29.1 Å². The van der Waals surface area contributed by atoms with Crippen molar-refractivity contribution in [3.63, 3.8) is 0 Å². The van der Waals surface area contributed by atoms with E-state index in [0.717, 1.165) is 14.7 Å². The van der Waals surface area contributed by atoms with Crippen molar-refractivity contribution in [3.05, 3.63) is 70.1 Å². The number of fused-ring (bicyclic) bond motifs is 2. The molecule has 2 aliphatic rings. The number of phenols is 1. The van der Waals surface area contributed by atoms with E-state index in [1.807, 2.05) is 36.2 Å². The van der Waals surface area contributed by atoms with Gasteiger partial charge < -0.3 is 10.8 Å². The average Bonchev–Trinajstić information content (AvgIpc) is 3.05. The Labute approximate surface area is 191 Å². The lowest BCUT2D eigenvalue weighted by atomic mass is 10.0. The lowest BCUT2D eigenvalue weighted by Crippen LogP contribution is -2.41. The summed E-state index contributed by atoms with van der Waals surface area (Å²) in [5.74, 6) is 0.310. The number of halogens is 1. The van der Waals surface area contributed by atoms with Gasteiger partial charge in [0.25, 0.3) is 5.56 Å². The number of aromatic nitrogens is 1. The van der Waals surface area contributed by atoms with Crippen LogP contribution in [0.2, 0.25) is 0 Å². The van der Waals surface area contributed by atoms with Crippen molar-refractivity contribution in [2.75, 3.05) is 0 Å². The second-order valence-corrected chi connectivity index (χ2v) is 8.64. The van der Waals surface area contributed by atoms with Gasteiger partial charge in [0.05, 0.1) is 17.6 Å². The van der Waals surface area contributed by atoms with E-state index in [2.05, 4.69) is 37.7 Å². The topological polar surface area (TPSA) is 109 Å². The third-order valence-electron chi connectivity index (χ3n) is 5.61. The molecule has 0 saturated carbocycles. The molecule has 0 aliphatic carbocycles. The SMILES string of the molecule is Cc1cccc2cc(CN3N=C(I)C4C(N)=NC=NC43)n(-c3ccccc3O)c(=O)c12. The Hall–Kier alpha value is -3.21. The first-order chi connectivity index (χ1) is 15.0. The number of hydrazone groups is 1. The van der Waals surface area contributed by atoms with Crippen molar-refractivity contribution < 1.29 is 5.11 Å². The monoisotopic (exact) mass is 526 g/mol. The maximum absolute atomic E-state index is 13.6. The maximum Gasteiger partial charge on any atom is 0.263 e. The van der Waals surface area contributed by atoms with Gasteiger partial charge in [-0.3, -0.25) is 14.4 Å². The summed E-state index contributed by atoms with van der Waals surface area (Å²) in [4.78, 5) is 22.2. The lowest BCUT2D eigenvalue weighted by molar-refractivity contribution is 0.210. The van der Waals surface area contributed by atoms with Crippen LogP contribution in [0.1, 0.15) is 11.3 Å². The predicted octanol–water partition coefficient (Wildman–Crippen LogP) is 2.91. The van der Waals surface area contributed by atoms with E-state index in [4.69, 9.17) is 5.73 Å². The number of rotatable bonds is 3. The normalized spacial score (nSPS) is 20.0. The molecule has 0 bridgehead atoms. The number of nitrogens with zero attached hydrogens (tertiary/aromatic N) is 5. The third kappa shape index (κ3) is 3.19. The molecule has 0 radical (unpaired) electrons. The molecule has 2 aliphatic heterocycles. The molecule has 3 N–H and O–H groups in total. The van der Waals surface area contributed by atoms with Crippen molar-refractivity contribution in [2.24, 2.45) is 26.7 Å². The first-order valence-corrected chi connectivity index (χ1v) is 10.8. The Morgan fingerprint density at radius 1 is 1.19 bits per heavy atom. The van der Waals surface area contributed by atoms with Gasteiger partial charge in [-0.2, -0.15) is 5.10 Å². The molecule has 1 aromatic heterocycles. The van der Waals surface area contributed by atoms with Crippen LogP contribution < -0.4 is 11.3 Å². The summed E-state index contributed by atoms with van der Waals surface area (Å²) in [6.07, 6.45) is 1.14. The van der Waals surface area contributed by atoms with Crippen LogP contribution in [-0.2, 0) is 6.54 Å². The van der Waals surface area contributed by atoms with Crippen LogP contribution in [0.25, 0.3) is 16.5 Å². The number of aryl methyl sites for hydroxylation is 1. The molecule has 2 atom stereocenters. The summed E-state index contributed by atoms with van der Waals surface area (Å²) < 4.78 is 2.36. The Kier molecular flexibility index (Phi) is 4.77. The molecule has 3 aromatic rings. The second-order valence-electron chi connectivity index (χ2n) is 7.53. The van der Waals surface area contributed by atoms with Crippen LogP contribution in [0.15, 0.2) is 68.4 Å². The molecule has 2 aromatic carbocycles. The Morgan fingerprint density at radius 2 is 2.00 bits per heavy atom. The number of benzene rings is 2. The summed E-state index contributed by atoms with van der Waals surface area (Å²) >= 11 is 2.16. The van der Waals surface area contributed by atoms with Crippen molar-refractivity contribution >= 4 is 49.3 Å². The van der Waals surface area contributed by atoms with Gasteiger partial charge in [0, 0.05) is 5.69 Å². The molecule has 3 heterocycles. The Balaban J connectivity index is 1.70. The van der Waals surface area contributed by atoms with Crippen LogP contribution in [0, 0.1) is 12.8 Å². The minimum Gasteiger partial charge on any atom is -0.506 e. The van der Waals surface area contributed by atoms with Crippen LogP contribution in [-0.4, -0.2) is 36.7 Å². The van der Waals surface area contributed by atoms with Crippen molar-refractivity contribution in [3.8, 4) is 11.4 Å². The largest absolute Gasteiger partial charge is 0.506 e.